The van der Waals surface area contributed by atoms with E-state index >= 15 is 0 Å². The zero-order valence-electron chi connectivity index (χ0n) is 14.8. The first-order valence-electron chi connectivity index (χ1n) is 9.38. The normalized spacial score (nSPS) is 27.2. The van der Waals surface area contributed by atoms with Crippen molar-refractivity contribution in [2.75, 3.05) is 6.54 Å². The molecule has 6 nitrogen and oxygen atoms in total. The lowest BCUT2D eigenvalue weighted by molar-refractivity contribution is -0.0175. The van der Waals surface area contributed by atoms with Crippen molar-refractivity contribution in [2.45, 2.75) is 56.7 Å². The highest BCUT2D eigenvalue weighted by molar-refractivity contribution is 6.36. The van der Waals surface area contributed by atoms with Gasteiger partial charge in [-0.2, -0.15) is 0 Å². The molecule has 0 spiro atoms. The van der Waals surface area contributed by atoms with Gasteiger partial charge in [0.15, 0.2) is 0 Å². The summed E-state index contributed by atoms with van der Waals surface area (Å²) in [5.41, 5.74) is 0.0650. The predicted molar refractivity (Wildman–Crippen MR) is 101 cm³/mol. The molecule has 1 aromatic rings. The number of nitrogens with zero attached hydrogens (tertiary/aromatic N) is 1. The van der Waals surface area contributed by atoms with Gasteiger partial charge in [0.25, 0.3) is 5.91 Å². The van der Waals surface area contributed by atoms with E-state index in [0.717, 1.165) is 32.1 Å². The van der Waals surface area contributed by atoms with E-state index in [4.69, 9.17) is 27.9 Å². The van der Waals surface area contributed by atoms with E-state index < -0.39 is 5.91 Å². The number of aromatic hydroxyl groups is 1. The number of amides is 2. The van der Waals surface area contributed by atoms with Crippen molar-refractivity contribution >= 4 is 35.2 Å². The molecule has 2 saturated carbocycles. The molecule has 4 aliphatic rings. The zero-order chi connectivity index (χ0) is 19.1. The van der Waals surface area contributed by atoms with Crippen LogP contribution in [-0.2, 0) is 4.74 Å². The molecule has 146 valence electrons. The van der Waals surface area contributed by atoms with Gasteiger partial charge >= 0.3 is 6.09 Å². The van der Waals surface area contributed by atoms with Gasteiger partial charge in [-0.25, -0.2) is 4.79 Å². The monoisotopic (exact) mass is 412 g/mol. The van der Waals surface area contributed by atoms with Crippen LogP contribution in [0.1, 0.15) is 48.9 Å². The third-order valence-corrected chi connectivity index (χ3v) is 6.49. The SMILES string of the molecule is O=C(N[C@@H]1C[C@H]2CC[C@@H]1CN2C(=O)OC1CCC1)c1cc(Cl)cc(Cl)c1O. The van der Waals surface area contributed by atoms with Crippen molar-refractivity contribution in [3.63, 3.8) is 0 Å². The lowest BCUT2D eigenvalue weighted by Crippen LogP contribution is -2.60. The minimum Gasteiger partial charge on any atom is -0.506 e. The fourth-order valence-corrected chi connectivity index (χ4v) is 4.69. The van der Waals surface area contributed by atoms with Gasteiger partial charge < -0.3 is 20.1 Å². The number of rotatable bonds is 3. The number of phenols is 1. The second-order valence-electron chi connectivity index (χ2n) is 7.68. The summed E-state index contributed by atoms with van der Waals surface area (Å²) < 4.78 is 5.54. The van der Waals surface area contributed by atoms with E-state index in [1.54, 1.807) is 0 Å². The van der Waals surface area contributed by atoms with Crippen molar-refractivity contribution in [3.8, 4) is 5.75 Å². The summed E-state index contributed by atoms with van der Waals surface area (Å²) in [6.07, 6.45) is 5.44. The summed E-state index contributed by atoms with van der Waals surface area (Å²) in [6.45, 7) is 0.587. The number of nitrogens with one attached hydrogen (secondary N) is 1. The fraction of sp³-hybridized carbons (Fsp3) is 0.579. The van der Waals surface area contributed by atoms with Crippen LogP contribution in [-0.4, -0.2) is 46.7 Å². The molecule has 2 saturated heterocycles. The maximum atomic E-state index is 12.6. The van der Waals surface area contributed by atoms with Crippen molar-refractivity contribution in [1.29, 1.82) is 0 Å². The highest BCUT2D eigenvalue weighted by Crippen LogP contribution is 2.37. The lowest BCUT2D eigenvalue weighted by Gasteiger charge is -2.49. The maximum Gasteiger partial charge on any atom is 0.410 e. The van der Waals surface area contributed by atoms with Crippen LogP contribution in [0.5, 0.6) is 5.75 Å². The van der Waals surface area contributed by atoms with Crippen LogP contribution in [0.2, 0.25) is 10.0 Å². The number of piperidine rings is 2. The molecule has 8 heteroatoms. The lowest BCUT2D eigenvalue weighted by atomic mass is 9.76. The molecule has 2 aliphatic carbocycles. The third kappa shape index (κ3) is 3.69. The Morgan fingerprint density at radius 2 is 1.96 bits per heavy atom. The standard InChI is InChI=1S/C19H22Cl2N2O4/c20-11-6-14(17(24)15(21)7-11)18(25)22-16-8-12-5-4-10(16)9-23(12)19(26)27-13-2-1-3-13/h6-7,10,12-13,16,24H,1-5,8-9H2,(H,22,25)/t10-,12-,16-/m1/s1. The molecule has 2 bridgehead atoms. The van der Waals surface area contributed by atoms with Gasteiger partial charge in [-0.05, 0) is 56.6 Å². The van der Waals surface area contributed by atoms with Crippen molar-refractivity contribution < 1.29 is 19.4 Å². The second kappa shape index (κ2) is 7.40. The molecule has 2 aliphatic heterocycles. The van der Waals surface area contributed by atoms with Crippen LogP contribution >= 0.6 is 23.2 Å². The van der Waals surface area contributed by atoms with Gasteiger partial charge in [-0.1, -0.05) is 23.2 Å². The Hall–Kier alpha value is -1.66. The summed E-state index contributed by atoms with van der Waals surface area (Å²) in [5, 5.41) is 13.4. The highest BCUT2D eigenvalue weighted by atomic mass is 35.5. The largest absolute Gasteiger partial charge is 0.506 e. The van der Waals surface area contributed by atoms with Gasteiger partial charge in [0, 0.05) is 23.7 Å². The first kappa shape index (κ1) is 18.7. The quantitative estimate of drug-likeness (QED) is 0.786. The second-order valence-corrected chi connectivity index (χ2v) is 8.52. The molecular formula is C19H22Cl2N2O4. The van der Waals surface area contributed by atoms with Crippen LogP contribution in [0.3, 0.4) is 0 Å². The molecule has 5 rings (SSSR count). The number of fused-ring (bicyclic) bond motifs is 3. The highest BCUT2D eigenvalue weighted by Gasteiger charge is 2.44. The Balaban J connectivity index is 1.40. The number of hydrogen-bond acceptors (Lipinski definition) is 4. The van der Waals surface area contributed by atoms with Gasteiger partial charge in [-0.3, -0.25) is 4.79 Å². The first-order chi connectivity index (χ1) is 12.9. The Kier molecular flexibility index (Phi) is 5.12. The summed E-state index contributed by atoms with van der Waals surface area (Å²) in [4.78, 5) is 26.9. The third-order valence-electron chi connectivity index (χ3n) is 5.98. The zero-order valence-corrected chi connectivity index (χ0v) is 16.3. The van der Waals surface area contributed by atoms with Gasteiger partial charge in [0.2, 0.25) is 0 Å². The number of halogens is 2. The van der Waals surface area contributed by atoms with E-state index in [1.807, 2.05) is 4.90 Å². The number of benzene rings is 1. The predicted octanol–water partition coefficient (Wildman–Crippen LogP) is 3.97. The smallest absolute Gasteiger partial charge is 0.410 e. The molecule has 4 fully saturated rings. The van der Waals surface area contributed by atoms with Crippen LogP contribution in [0.25, 0.3) is 0 Å². The van der Waals surface area contributed by atoms with Gasteiger partial charge in [0.1, 0.15) is 11.9 Å². The van der Waals surface area contributed by atoms with E-state index in [2.05, 4.69) is 5.32 Å². The Morgan fingerprint density at radius 1 is 1.19 bits per heavy atom. The number of carbonyl (C=O) groups is 2. The number of hydrogen-bond donors (Lipinski definition) is 2. The molecule has 3 atom stereocenters. The van der Waals surface area contributed by atoms with Crippen LogP contribution in [0.4, 0.5) is 4.79 Å². The topological polar surface area (TPSA) is 78.9 Å². The average Bonchev–Trinajstić information content (AvgIpc) is 2.61. The van der Waals surface area contributed by atoms with Crippen molar-refractivity contribution in [3.05, 3.63) is 27.7 Å². The first-order valence-corrected chi connectivity index (χ1v) is 10.1. The van der Waals surface area contributed by atoms with Gasteiger partial charge in [0.05, 0.1) is 10.6 Å². The maximum absolute atomic E-state index is 12.6. The average molecular weight is 413 g/mol. The Bertz CT molecular complexity index is 768. The Labute approximate surface area is 167 Å². The number of ether oxygens (including phenoxy) is 1. The van der Waals surface area contributed by atoms with Crippen LogP contribution in [0, 0.1) is 5.92 Å². The summed E-state index contributed by atoms with van der Waals surface area (Å²) in [5.74, 6) is -0.507. The molecule has 2 N–H and O–H groups in total. The van der Waals surface area contributed by atoms with E-state index in [0.29, 0.717) is 13.0 Å². The van der Waals surface area contributed by atoms with E-state index in [9.17, 15) is 14.7 Å². The van der Waals surface area contributed by atoms with Crippen LogP contribution < -0.4 is 5.32 Å². The fourth-order valence-electron chi connectivity index (χ4n) is 4.20. The summed E-state index contributed by atoms with van der Waals surface area (Å²) >= 11 is 11.9. The molecule has 2 heterocycles. The van der Waals surface area contributed by atoms with Gasteiger partial charge in [-0.15, -0.1) is 0 Å². The number of carbonyl (C=O) groups excluding carboxylic acids is 2. The molecule has 0 unspecified atom stereocenters. The molecule has 1 aromatic carbocycles. The van der Waals surface area contributed by atoms with E-state index in [-0.39, 0.29) is 51.6 Å². The molecular weight excluding hydrogens is 391 g/mol. The molecule has 0 aromatic heterocycles. The van der Waals surface area contributed by atoms with Crippen LogP contribution in [0.15, 0.2) is 12.1 Å². The molecule has 0 radical (unpaired) electrons. The Morgan fingerprint density at radius 3 is 2.59 bits per heavy atom. The minimum absolute atomic E-state index is 0.0442. The number of phenolic OH excluding ortho intramolecular Hbond substituents is 1. The van der Waals surface area contributed by atoms with Crippen molar-refractivity contribution in [1.82, 2.24) is 10.2 Å². The van der Waals surface area contributed by atoms with Crippen molar-refractivity contribution in [2.24, 2.45) is 5.92 Å². The summed E-state index contributed by atoms with van der Waals surface area (Å²) in [7, 11) is 0. The molecule has 27 heavy (non-hydrogen) atoms. The van der Waals surface area contributed by atoms with E-state index in [1.165, 1.54) is 12.1 Å². The molecule has 2 amide bonds. The summed E-state index contributed by atoms with van der Waals surface area (Å²) in [6, 6.07) is 2.82. The minimum atomic E-state index is -0.405.